The molecule has 0 fully saturated rings. The molecule has 0 bridgehead atoms. The van der Waals surface area contributed by atoms with Gasteiger partial charge in [-0.25, -0.2) is 9.97 Å². The monoisotopic (exact) mass is 346 g/mol. The second-order valence-corrected chi connectivity index (χ2v) is 6.25. The van der Waals surface area contributed by atoms with E-state index in [2.05, 4.69) is 61.7 Å². The Morgan fingerprint density at radius 1 is 1.07 bits per heavy atom. The summed E-state index contributed by atoms with van der Waals surface area (Å²) >= 11 is 8.49. The highest BCUT2D eigenvalue weighted by Crippen LogP contribution is 2.29. The van der Waals surface area contributed by atoms with E-state index in [9.17, 15) is 0 Å². The highest BCUT2D eigenvalue weighted by molar-refractivity contribution is 9.11. The summed E-state index contributed by atoms with van der Waals surface area (Å²) in [7, 11) is 0. The van der Waals surface area contributed by atoms with E-state index in [1.165, 1.54) is 9.75 Å². The van der Waals surface area contributed by atoms with E-state index in [-0.39, 0.29) is 0 Å². The first kappa shape index (κ1) is 11.2. The number of rotatable bonds is 1. The smallest absolute Gasteiger partial charge is 0.162 e. The van der Waals surface area contributed by atoms with E-state index < -0.39 is 0 Å². The summed E-state index contributed by atoms with van der Waals surface area (Å²) in [5.74, 6) is 0.762. The fraction of sp³-hybridized carbons (Fsp3) is 0.200. The van der Waals surface area contributed by atoms with Crippen LogP contribution in [0.25, 0.3) is 11.4 Å². The van der Waals surface area contributed by atoms with Crippen molar-refractivity contribution in [2.45, 2.75) is 13.8 Å². The van der Waals surface area contributed by atoms with Gasteiger partial charge in [-0.2, -0.15) is 0 Å². The Bertz CT molecular complexity index is 488. The Morgan fingerprint density at radius 3 is 2.13 bits per heavy atom. The molecule has 0 aliphatic rings. The van der Waals surface area contributed by atoms with Gasteiger partial charge in [0.2, 0.25) is 0 Å². The minimum absolute atomic E-state index is 0.762. The van der Waals surface area contributed by atoms with Crippen molar-refractivity contribution in [2.24, 2.45) is 0 Å². The van der Waals surface area contributed by atoms with Gasteiger partial charge in [0.05, 0.1) is 0 Å². The van der Waals surface area contributed by atoms with Crippen LogP contribution < -0.4 is 0 Å². The van der Waals surface area contributed by atoms with Gasteiger partial charge >= 0.3 is 0 Å². The topological polar surface area (TPSA) is 25.8 Å². The van der Waals surface area contributed by atoms with Crippen molar-refractivity contribution in [3.63, 3.8) is 0 Å². The van der Waals surface area contributed by atoms with Crippen LogP contribution in [0.4, 0.5) is 0 Å². The summed E-state index contributed by atoms with van der Waals surface area (Å²) in [6, 6.07) is 3.95. The van der Waals surface area contributed by atoms with Crippen molar-refractivity contribution < 1.29 is 0 Å². The molecule has 0 unspecified atom stereocenters. The standard InChI is InChI=1S/C10H8Br2N2S/c1-5-3-7(6(2)15-5)10-13-8(11)4-9(12)14-10/h3-4H,1-2H3. The Labute approximate surface area is 109 Å². The van der Waals surface area contributed by atoms with Crippen LogP contribution in [0.3, 0.4) is 0 Å². The van der Waals surface area contributed by atoms with Gasteiger partial charge < -0.3 is 0 Å². The molecule has 0 saturated heterocycles. The number of thiophene rings is 1. The molecule has 2 heterocycles. The van der Waals surface area contributed by atoms with Crippen LogP contribution in [0.5, 0.6) is 0 Å². The maximum atomic E-state index is 4.36. The van der Waals surface area contributed by atoms with Gasteiger partial charge in [0, 0.05) is 21.4 Å². The van der Waals surface area contributed by atoms with E-state index in [0.29, 0.717) is 0 Å². The lowest BCUT2D eigenvalue weighted by Gasteiger charge is -2.00. The number of aromatic nitrogens is 2. The molecule has 78 valence electrons. The molecule has 2 aromatic rings. The first-order valence-electron chi connectivity index (χ1n) is 4.34. The summed E-state index contributed by atoms with van der Waals surface area (Å²) in [6.45, 7) is 4.18. The van der Waals surface area contributed by atoms with Crippen molar-refractivity contribution in [3.05, 3.63) is 31.1 Å². The highest BCUT2D eigenvalue weighted by atomic mass is 79.9. The van der Waals surface area contributed by atoms with E-state index in [1.807, 2.05) is 6.07 Å². The molecule has 0 saturated carbocycles. The average molecular weight is 348 g/mol. The zero-order valence-electron chi connectivity index (χ0n) is 8.21. The average Bonchev–Trinajstić information content (AvgIpc) is 2.43. The third kappa shape index (κ3) is 2.46. The Kier molecular flexibility index (Phi) is 3.23. The van der Waals surface area contributed by atoms with Crippen molar-refractivity contribution in [1.82, 2.24) is 9.97 Å². The van der Waals surface area contributed by atoms with Crippen LogP contribution in [0, 0.1) is 13.8 Å². The normalized spacial score (nSPS) is 10.7. The Hall–Kier alpha value is -0.260. The van der Waals surface area contributed by atoms with Gasteiger partial charge in [0.15, 0.2) is 5.82 Å². The molecule has 0 radical (unpaired) electrons. The molecule has 0 aliphatic carbocycles. The molecule has 0 spiro atoms. The maximum absolute atomic E-state index is 4.36. The van der Waals surface area contributed by atoms with Crippen molar-refractivity contribution >= 4 is 43.2 Å². The van der Waals surface area contributed by atoms with Gasteiger partial charge in [-0.3, -0.25) is 0 Å². The highest BCUT2D eigenvalue weighted by Gasteiger charge is 2.09. The molecule has 0 amide bonds. The molecule has 0 aromatic carbocycles. The molecular formula is C10H8Br2N2S. The quantitative estimate of drug-likeness (QED) is 0.717. The summed E-state index contributed by atoms with van der Waals surface area (Å²) < 4.78 is 1.59. The molecule has 2 aromatic heterocycles. The minimum Gasteiger partial charge on any atom is -0.221 e. The van der Waals surface area contributed by atoms with Gasteiger partial charge in [0.1, 0.15) is 9.21 Å². The molecule has 5 heteroatoms. The van der Waals surface area contributed by atoms with Crippen LogP contribution in [0.15, 0.2) is 21.3 Å². The summed E-state index contributed by atoms with van der Waals surface area (Å²) in [6.07, 6.45) is 0. The molecule has 2 rings (SSSR count). The van der Waals surface area contributed by atoms with E-state index in [4.69, 9.17) is 0 Å². The van der Waals surface area contributed by atoms with E-state index in [1.54, 1.807) is 11.3 Å². The predicted molar refractivity (Wildman–Crippen MR) is 70.2 cm³/mol. The Balaban J connectivity index is 2.58. The lowest BCUT2D eigenvalue weighted by atomic mass is 10.2. The summed E-state index contributed by atoms with van der Waals surface area (Å²) in [5, 5.41) is 0. The zero-order chi connectivity index (χ0) is 11.0. The molecule has 2 nitrogen and oxygen atoms in total. The maximum Gasteiger partial charge on any atom is 0.162 e. The second kappa shape index (κ2) is 4.31. The summed E-state index contributed by atoms with van der Waals surface area (Å²) in [4.78, 5) is 11.2. The molecule has 0 N–H and O–H groups in total. The number of aryl methyl sites for hydroxylation is 2. The molecular weight excluding hydrogens is 340 g/mol. The fourth-order valence-electron chi connectivity index (χ4n) is 1.36. The first-order chi connectivity index (χ1) is 7.06. The van der Waals surface area contributed by atoms with Gasteiger partial charge in [0.25, 0.3) is 0 Å². The van der Waals surface area contributed by atoms with E-state index >= 15 is 0 Å². The van der Waals surface area contributed by atoms with Gasteiger partial charge in [-0.15, -0.1) is 11.3 Å². The van der Waals surface area contributed by atoms with Crippen LogP contribution in [0.2, 0.25) is 0 Å². The SMILES string of the molecule is Cc1cc(-c2nc(Br)cc(Br)n2)c(C)s1. The predicted octanol–water partition coefficient (Wildman–Crippen LogP) is 4.35. The van der Waals surface area contributed by atoms with Crippen molar-refractivity contribution in [2.75, 3.05) is 0 Å². The Morgan fingerprint density at radius 2 is 1.67 bits per heavy atom. The van der Waals surface area contributed by atoms with Crippen LogP contribution in [-0.4, -0.2) is 9.97 Å². The van der Waals surface area contributed by atoms with Crippen LogP contribution in [0.1, 0.15) is 9.75 Å². The third-order valence-corrected chi connectivity index (χ3v) is 3.72. The number of hydrogen-bond donors (Lipinski definition) is 0. The lowest BCUT2D eigenvalue weighted by Crippen LogP contribution is -1.90. The first-order valence-corrected chi connectivity index (χ1v) is 6.74. The fourth-order valence-corrected chi connectivity index (χ4v) is 3.36. The minimum atomic E-state index is 0.762. The van der Waals surface area contributed by atoms with Crippen LogP contribution in [-0.2, 0) is 0 Å². The molecule has 0 aliphatic heterocycles. The van der Waals surface area contributed by atoms with Crippen molar-refractivity contribution in [1.29, 1.82) is 0 Å². The number of hydrogen-bond acceptors (Lipinski definition) is 3. The summed E-state index contributed by atoms with van der Waals surface area (Å²) in [5.41, 5.74) is 1.11. The second-order valence-electron chi connectivity index (χ2n) is 3.16. The molecule has 15 heavy (non-hydrogen) atoms. The van der Waals surface area contributed by atoms with Crippen LogP contribution >= 0.6 is 43.2 Å². The van der Waals surface area contributed by atoms with E-state index in [0.717, 1.165) is 20.6 Å². The van der Waals surface area contributed by atoms with Crippen molar-refractivity contribution in [3.8, 4) is 11.4 Å². The molecule has 0 atom stereocenters. The largest absolute Gasteiger partial charge is 0.221 e. The number of nitrogens with zero attached hydrogens (tertiary/aromatic N) is 2. The third-order valence-electron chi connectivity index (χ3n) is 1.95. The number of halogens is 2. The lowest BCUT2D eigenvalue weighted by molar-refractivity contribution is 1.12. The van der Waals surface area contributed by atoms with Gasteiger partial charge in [-0.1, -0.05) is 0 Å². The van der Waals surface area contributed by atoms with Gasteiger partial charge in [-0.05, 0) is 51.8 Å². The zero-order valence-corrected chi connectivity index (χ0v) is 12.2.